The van der Waals surface area contributed by atoms with Crippen molar-refractivity contribution in [2.45, 2.75) is 24.4 Å². The van der Waals surface area contributed by atoms with Crippen LogP contribution in [0.25, 0.3) is 0 Å². The largest absolute Gasteiger partial charge is 0.283 e. The Balaban J connectivity index is 2.18. The van der Waals surface area contributed by atoms with Gasteiger partial charge >= 0.3 is 0 Å². The number of hydrogen-bond donors (Lipinski definition) is 0. The SMILES string of the molecule is Cn1nnc(Br)c1S(=O)(=O)N1CCN(C(C)(C)C#N)CC1. The second-order valence-electron chi connectivity index (χ2n) is 5.37. The lowest BCUT2D eigenvalue weighted by Crippen LogP contribution is -2.55. The van der Waals surface area contributed by atoms with E-state index in [4.69, 9.17) is 5.26 Å². The molecule has 0 unspecified atom stereocenters. The average molecular weight is 377 g/mol. The van der Waals surface area contributed by atoms with Gasteiger partial charge in [0, 0.05) is 33.2 Å². The van der Waals surface area contributed by atoms with Crippen LogP contribution in [0, 0.1) is 11.3 Å². The van der Waals surface area contributed by atoms with Gasteiger partial charge in [-0.3, -0.25) is 4.90 Å². The van der Waals surface area contributed by atoms with Gasteiger partial charge in [0.2, 0.25) is 5.03 Å². The molecule has 10 heteroatoms. The molecule has 0 saturated carbocycles. The van der Waals surface area contributed by atoms with Gasteiger partial charge < -0.3 is 0 Å². The summed E-state index contributed by atoms with van der Waals surface area (Å²) in [5, 5.41) is 16.6. The van der Waals surface area contributed by atoms with Crippen molar-refractivity contribution in [3.63, 3.8) is 0 Å². The van der Waals surface area contributed by atoms with Gasteiger partial charge in [0.1, 0.15) is 5.54 Å². The Labute approximate surface area is 132 Å². The molecule has 1 saturated heterocycles. The Morgan fingerprint density at radius 3 is 2.29 bits per heavy atom. The van der Waals surface area contributed by atoms with Gasteiger partial charge in [0.25, 0.3) is 10.0 Å². The first-order valence-electron chi connectivity index (χ1n) is 6.42. The molecule has 1 aliphatic rings. The number of nitrogens with zero attached hydrogens (tertiary/aromatic N) is 6. The monoisotopic (exact) mass is 376 g/mol. The van der Waals surface area contributed by atoms with Crippen LogP contribution in [-0.4, -0.2) is 64.3 Å². The summed E-state index contributed by atoms with van der Waals surface area (Å²) in [5.74, 6) is 0. The molecule has 1 aromatic heterocycles. The predicted molar refractivity (Wildman–Crippen MR) is 78.7 cm³/mol. The van der Waals surface area contributed by atoms with Crippen molar-refractivity contribution in [2.24, 2.45) is 7.05 Å². The van der Waals surface area contributed by atoms with Crippen LogP contribution < -0.4 is 0 Å². The number of nitriles is 1. The van der Waals surface area contributed by atoms with E-state index >= 15 is 0 Å². The summed E-state index contributed by atoms with van der Waals surface area (Å²) >= 11 is 3.12. The smallest absolute Gasteiger partial charge is 0.263 e. The lowest BCUT2D eigenvalue weighted by Gasteiger charge is -2.39. The standard InChI is InChI=1S/C11H17BrN6O2S/c1-11(2,8-13)17-4-6-18(7-5-17)21(19,20)10-9(12)14-15-16(10)3/h4-7H2,1-3H3. The summed E-state index contributed by atoms with van der Waals surface area (Å²) in [6.07, 6.45) is 0. The molecule has 0 bridgehead atoms. The molecular formula is C11H17BrN6O2S. The molecule has 8 nitrogen and oxygen atoms in total. The van der Waals surface area contributed by atoms with Crippen LogP contribution in [0.3, 0.4) is 0 Å². The molecule has 0 amide bonds. The Kier molecular flexibility index (Phi) is 4.39. The number of aromatic nitrogens is 3. The molecule has 21 heavy (non-hydrogen) atoms. The highest BCUT2D eigenvalue weighted by molar-refractivity contribution is 9.10. The maximum absolute atomic E-state index is 12.6. The summed E-state index contributed by atoms with van der Waals surface area (Å²) in [6, 6.07) is 2.24. The van der Waals surface area contributed by atoms with Crippen molar-refractivity contribution in [1.29, 1.82) is 5.26 Å². The van der Waals surface area contributed by atoms with Gasteiger partial charge in [0.05, 0.1) is 6.07 Å². The Bertz CT molecular complexity index is 650. The minimum atomic E-state index is -3.64. The first kappa shape index (κ1) is 16.4. The van der Waals surface area contributed by atoms with E-state index < -0.39 is 15.6 Å². The van der Waals surface area contributed by atoms with Crippen LogP contribution in [-0.2, 0) is 17.1 Å². The van der Waals surface area contributed by atoms with Gasteiger partial charge in [-0.1, -0.05) is 5.21 Å². The fraction of sp³-hybridized carbons (Fsp3) is 0.727. The van der Waals surface area contributed by atoms with Crippen LogP contribution in [0.2, 0.25) is 0 Å². The van der Waals surface area contributed by atoms with Gasteiger partial charge in [-0.25, -0.2) is 13.1 Å². The first-order valence-corrected chi connectivity index (χ1v) is 8.65. The van der Waals surface area contributed by atoms with Gasteiger partial charge in [-0.15, -0.1) is 5.10 Å². The quantitative estimate of drug-likeness (QED) is 0.746. The van der Waals surface area contributed by atoms with Crippen LogP contribution in [0.4, 0.5) is 0 Å². The second-order valence-corrected chi connectivity index (χ2v) is 7.98. The fourth-order valence-corrected chi connectivity index (χ4v) is 4.73. The molecule has 0 aromatic carbocycles. The molecule has 0 spiro atoms. The summed E-state index contributed by atoms with van der Waals surface area (Å²) in [4.78, 5) is 1.98. The van der Waals surface area contributed by atoms with Crippen LogP contribution in [0.15, 0.2) is 9.63 Å². The van der Waals surface area contributed by atoms with Crippen molar-refractivity contribution in [2.75, 3.05) is 26.2 Å². The second kappa shape index (κ2) is 5.64. The van der Waals surface area contributed by atoms with E-state index in [1.165, 1.54) is 8.99 Å². The predicted octanol–water partition coefficient (Wildman–Crippen LogP) is 0.186. The summed E-state index contributed by atoms with van der Waals surface area (Å²) in [5.41, 5.74) is -0.593. The maximum atomic E-state index is 12.6. The number of sulfonamides is 1. The summed E-state index contributed by atoms with van der Waals surface area (Å²) < 4.78 is 28.1. The highest BCUT2D eigenvalue weighted by Gasteiger charge is 2.36. The summed E-state index contributed by atoms with van der Waals surface area (Å²) in [7, 11) is -2.10. The number of aryl methyl sites for hydroxylation is 1. The fourth-order valence-electron chi connectivity index (χ4n) is 2.28. The molecule has 1 fully saturated rings. The number of piperazine rings is 1. The zero-order valence-corrected chi connectivity index (χ0v) is 14.5. The van der Waals surface area contributed by atoms with E-state index in [1.54, 1.807) is 7.05 Å². The first-order chi connectivity index (χ1) is 9.70. The molecular weight excluding hydrogens is 360 g/mol. The zero-order chi connectivity index (χ0) is 15.8. The van der Waals surface area contributed by atoms with E-state index in [9.17, 15) is 8.42 Å². The third kappa shape index (κ3) is 2.96. The van der Waals surface area contributed by atoms with Gasteiger partial charge in [-0.05, 0) is 29.8 Å². The molecule has 2 rings (SSSR count). The highest BCUT2D eigenvalue weighted by atomic mass is 79.9. The number of halogens is 1. The molecule has 0 N–H and O–H groups in total. The van der Waals surface area contributed by atoms with Crippen LogP contribution >= 0.6 is 15.9 Å². The lowest BCUT2D eigenvalue weighted by molar-refractivity contribution is 0.115. The maximum Gasteiger partial charge on any atom is 0.263 e. The average Bonchev–Trinajstić information content (AvgIpc) is 2.79. The zero-order valence-electron chi connectivity index (χ0n) is 12.1. The number of rotatable bonds is 3. The van der Waals surface area contributed by atoms with Gasteiger partial charge in [-0.2, -0.15) is 9.57 Å². The molecule has 1 aromatic rings. The summed E-state index contributed by atoms with van der Waals surface area (Å²) in [6.45, 7) is 5.37. The third-order valence-corrected chi connectivity index (χ3v) is 6.41. The highest BCUT2D eigenvalue weighted by Crippen LogP contribution is 2.24. The topological polar surface area (TPSA) is 95.1 Å². The van der Waals surface area contributed by atoms with Crippen LogP contribution in [0.1, 0.15) is 13.8 Å². The van der Waals surface area contributed by atoms with E-state index in [0.717, 1.165) is 0 Å². The normalized spacial score (nSPS) is 18.6. The molecule has 116 valence electrons. The number of hydrogen-bond acceptors (Lipinski definition) is 6. The van der Waals surface area contributed by atoms with Crippen molar-refractivity contribution in [3.8, 4) is 6.07 Å². The Morgan fingerprint density at radius 2 is 1.86 bits per heavy atom. The molecule has 0 atom stereocenters. The van der Waals surface area contributed by atoms with E-state index in [2.05, 4.69) is 32.3 Å². The van der Waals surface area contributed by atoms with E-state index in [1.807, 2.05) is 18.7 Å². The van der Waals surface area contributed by atoms with Crippen molar-refractivity contribution in [1.82, 2.24) is 24.2 Å². The van der Waals surface area contributed by atoms with E-state index in [0.29, 0.717) is 26.2 Å². The van der Waals surface area contributed by atoms with Crippen molar-refractivity contribution >= 4 is 26.0 Å². The van der Waals surface area contributed by atoms with Crippen molar-refractivity contribution in [3.05, 3.63) is 4.60 Å². The molecule has 0 radical (unpaired) electrons. The molecule has 0 aliphatic carbocycles. The Hall–Kier alpha value is -1.02. The van der Waals surface area contributed by atoms with E-state index in [-0.39, 0.29) is 9.63 Å². The minimum Gasteiger partial charge on any atom is -0.283 e. The molecule has 2 heterocycles. The third-order valence-electron chi connectivity index (χ3n) is 3.62. The van der Waals surface area contributed by atoms with Crippen LogP contribution in [0.5, 0.6) is 0 Å². The molecule has 1 aliphatic heterocycles. The minimum absolute atomic E-state index is 0.0514. The Morgan fingerprint density at radius 1 is 1.29 bits per heavy atom. The van der Waals surface area contributed by atoms with Gasteiger partial charge in [0.15, 0.2) is 4.60 Å². The lowest BCUT2D eigenvalue weighted by atomic mass is 10.0. The van der Waals surface area contributed by atoms with Crippen molar-refractivity contribution < 1.29 is 8.42 Å².